The molecule has 0 saturated carbocycles. The van der Waals surface area contributed by atoms with Gasteiger partial charge in [0.1, 0.15) is 0 Å². The van der Waals surface area contributed by atoms with Crippen LogP contribution in [0.5, 0.6) is 0 Å². The van der Waals surface area contributed by atoms with Crippen LogP contribution in [0, 0.1) is 0 Å². The van der Waals surface area contributed by atoms with Gasteiger partial charge in [-0.2, -0.15) is 0 Å². The van der Waals surface area contributed by atoms with Gasteiger partial charge in [-0.3, -0.25) is 0 Å². The third kappa shape index (κ3) is 2.86. The zero-order chi connectivity index (χ0) is 13.6. The Morgan fingerprint density at radius 1 is 0.450 bits per heavy atom. The Kier molecular flexibility index (Phi) is 3.75. The topological polar surface area (TPSA) is 0 Å². The summed E-state index contributed by atoms with van der Waals surface area (Å²) in [6.07, 6.45) is 12.8. The van der Waals surface area contributed by atoms with E-state index in [1.54, 1.807) is 0 Å². The molecule has 0 saturated heterocycles. The van der Waals surface area contributed by atoms with Crippen molar-refractivity contribution in [2.75, 3.05) is 0 Å². The van der Waals surface area contributed by atoms with Gasteiger partial charge in [0, 0.05) is 0 Å². The quantitative estimate of drug-likeness (QED) is 0.685. The summed E-state index contributed by atoms with van der Waals surface area (Å²) in [7, 11) is 0. The summed E-state index contributed by atoms with van der Waals surface area (Å²) < 4.78 is 0. The largest absolute Gasteiger partial charge is 0.0622 e. The maximum Gasteiger partial charge on any atom is -0.0184 e. The molecule has 0 spiro atoms. The van der Waals surface area contributed by atoms with Crippen LogP contribution in [0.2, 0.25) is 0 Å². The van der Waals surface area contributed by atoms with Gasteiger partial charge >= 0.3 is 0 Å². The fourth-order valence-corrected chi connectivity index (χ4v) is 2.26. The monoisotopic (exact) mass is 256 g/mol. The van der Waals surface area contributed by atoms with Gasteiger partial charge in [-0.1, -0.05) is 97.1 Å². The first kappa shape index (κ1) is 12.4. The van der Waals surface area contributed by atoms with E-state index < -0.39 is 0 Å². The Morgan fingerprint density at radius 2 is 0.850 bits per heavy atom. The van der Waals surface area contributed by atoms with E-state index in [0.717, 1.165) is 0 Å². The van der Waals surface area contributed by atoms with Crippen LogP contribution in [0.4, 0.5) is 0 Å². The zero-order valence-electron chi connectivity index (χ0n) is 11.2. The summed E-state index contributed by atoms with van der Waals surface area (Å²) in [6, 6.07) is 20.9. The molecular weight excluding hydrogens is 240 g/mol. The van der Waals surface area contributed by atoms with Crippen molar-refractivity contribution in [2.45, 2.75) is 0 Å². The lowest BCUT2D eigenvalue weighted by Gasteiger charge is -2.06. The minimum absolute atomic E-state index is 1.23. The van der Waals surface area contributed by atoms with Crippen molar-refractivity contribution >= 4 is 11.1 Å². The van der Waals surface area contributed by atoms with E-state index in [9.17, 15) is 0 Å². The maximum absolute atomic E-state index is 2.18. The second-order valence-electron chi connectivity index (χ2n) is 4.69. The molecule has 96 valence electrons. The molecule has 0 aliphatic heterocycles. The smallest absolute Gasteiger partial charge is 0.0184 e. The molecule has 0 radical (unpaired) electrons. The summed E-state index contributed by atoms with van der Waals surface area (Å²) in [5, 5.41) is 0. The van der Waals surface area contributed by atoms with E-state index in [2.05, 4.69) is 85.0 Å². The van der Waals surface area contributed by atoms with Crippen molar-refractivity contribution in [1.29, 1.82) is 0 Å². The summed E-state index contributed by atoms with van der Waals surface area (Å²) in [6.45, 7) is 0. The Bertz CT molecular complexity index is 622. The Hall–Kier alpha value is -2.60. The molecule has 0 aromatic heterocycles. The van der Waals surface area contributed by atoms with Gasteiger partial charge < -0.3 is 0 Å². The standard InChI is InChI=1S/C20H16/c1-3-9-17(10-4-1)19-13-7-8-14-20(16-15-19)18-11-5-2-6-12-18/h1-16H/b8-7-,13-7?,14-8?,16-15-,19-13+,19-15?,20-14+,20-16?. The molecule has 0 N–H and O–H groups in total. The normalized spacial score (nSPS) is 22.6. The van der Waals surface area contributed by atoms with E-state index in [4.69, 9.17) is 0 Å². The van der Waals surface area contributed by atoms with Crippen molar-refractivity contribution in [3.63, 3.8) is 0 Å². The van der Waals surface area contributed by atoms with Crippen LogP contribution in [0.15, 0.2) is 97.1 Å². The molecule has 0 bridgehead atoms. The van der Waals surface area contributed by atoms with Gasteiger partial charge in [0.25, 0.3) is 0 Å². The lowest BCUT2D eigenvalue weighted by Crippen LogP contribution is -1.84. The van der Waals surface area contributed by atoms with Crippen molar-refractivity contribution in [3.05, 3.63) is 108 Å². The summed E-state index contributed by atoms with van der Waals surface area (Å²) >= 11 is 0. The fourth-order valence-electron chi connectivity index (χ4n) is 2.26. The minimum atomic E-state index is 1.23. The van der Waals surface area contributed by atoms with Crippen LogP contribution >= 0.6 is 0 Å². The number of hydrogen-bond donors (Lipinski definition) is 0. The van der Waals surface area contributed by atoms with Crippen LogP contribution in [-0.4, -0.2) is 0 Å². The molecule has 0 fully saturated rings. The molecule has 0 amide bonds. The molecule has 0 atom stereocenters. The highest BCUT2D eigenvalue weighted by Gasteiger charge is 2.00. The van der Waals surface area contributed by atoms with E-state index in [1.807, 2.05) is 12.1 Å². The van der Waals surface area contributed by atoms with Crippen molar-refractivity contribution in [1.82, 2.24) is 0 Å². The predicted octanol–water partition coefficient (Wildman–Crippen LogP) is 5.28. The lowest BCUT2D eigenvalue weighted by atomic mass is 9.99. The van der Waals surface area contributed by atoms with Crippen LogP contribution < -0.4 is 0 Å². The molecule has 2 aromatic carbocycles. The third-order valence-electron chi connectivity index (χ3n) is 3.32. The number of hydrogen-bond acceptors (Lipinski definition) is 0. The van der Waals surface area contributed by atoms with Crippen LogP contribution in [0.3, 0.4) is 0 Å². The second-order valence-corrected chi connectivity index (χ2v) is 4.69. The molecular formula is C20H16. The molecule has 2 aromatic rings. The molecule has 1 aliphatic rings. The lowest BCUT2D eigenvalue weighted by molar-refractivity contribution is 1.59. The SMILES string of the molecule is C1=C\C=C(c2ccccc2)/C=C\C(c2ccccc2)=C/1. The number of benzene rings is 2. The van der Waals surface area contributed by atoms with E-state index in [0.29, 0.717) is 0 Å². The van der Waals surface area contributed by atoms with Gasteiger partial charge in [-0.25, -0.2) is 0 Å². The molecule has 0 heterocycles. The van der Waals surface area contributed by atoms with Crippen LogP contribution in [-0.2, 0) is 0 Å². The van der Waals surface area contributed by atoms with E-state index in [1.165, 1.54) is 22.3 Å². The first-order valence-corrected chi connectivity index (χ1v) is 6.81. The van der Waals surface area contributed by atoms with Crippen LogP contribution in [0.1, 0.15) is 11.1 Å². The van der Waals surface area contributed by atoms with Gasteiger partial charge in [-0.15, -0.1) is 0 Å². The van der Waals surface area contributed by atoms with Crippen LogP contribution in [0.25, 0.3) is 11.1 Å². The highest BCUT2D eigenvalue weighted by molar-refractivity contribution is 5.83. The van der Waals surface area contributed by atoms with E-state index in [-0.39, 0.29) is 0 Å². The molecule has 20 heavy (non-hydrogen) atoms. The molecule has 1 aliphatic carbocycles. The van der Waals surface area contributed by atoms with Gasteiger partial charge in [0.15, 0.2) is 0 Å². The van der Waals surface area contributed by atoms with Crippen molar-refractivity contribution in [2.24, 2.45) is 0 Å². The third-order valence-corrected chi connectivity index (χ3v) is 3.32. The summed E-state index contributed by atoms with van der Waals surface area (Å²) in [5.41, 5.74) is 4.93. The predicted molar refractivity (Wildman–Crippen MR) is 87.1 cm³/mol. The first-order valence-electron chi connectivity index (χ1n) is 6.81. The number of allylic oxidation sites excluding steroid dienone is 8. The van der Waals surface area contributed by atoms with Gasteiger partial charge in [0.2, 0.25) is 0 Å². The molecule has 0 heteroatoms. The highest BCUT2D eigenvalue weighted by Crippen LogP contribution is 2.22. The average molecular weight is 256 g/mol. The molecule has 0 unspecified atom stereocenters. The average Bonchev–Trinajstić information content (AvgIpc) is 2.49. The van der Waals surface area contributed by atoms with Gasteiger partial charge in [-0.05, 0) is 22.3 Å². The van der Waals surface area contributed by atoms with E-state index >= 15 is 0 Å². The number of rotatable bonds is 2. The van der Waals surface area contributed by atoms with Gasteiger partial charge in [0.05, 0.1) is 0 Å². The molecule has 0 nitrogen and oxygen atoms in total. The Balaban J connectivity index is 1.93. The Morgan fingerprint density at radius 3 is 1.25 bits per heavy atom. The zero-order valence-corrected chi connectivity index (χ0v) is 11.2. The Labute approximate surface area is 120 Å². The summed E-state index contributed by atoms with van der Waals surface area (Å²) in [4.78, 5) is 0. The van der Waals surface area contributed by atoms with Crippen molar-refractivity contribution < 1.29 is 0 Å². The minimum Gasteiger partial charge on any atom is -0.0622 e. The molecule has 3 rings (SSSR count). The summed E-state index contributed by atoms with van der Waals surface area (Å²) in [5.74, 6) is 0. The fraction of sp³-hybridized carbons (Fsp3) is 0. The highest BCUT2D eigenvalue weighted by atomic mass is 14.0. The maximum atomic E-state index is 2.18. The first-order chi connectivity index (χ1) is 9.93. The van der Waals surface area contributed by atoms with Crippen molar-refractivity contribution in [3.8, 4) is 0 Å². The second kappa shape index (κ2) is 6.03.